The van der Waals surface area contributed by atoms with Crippen LogP contribution in [-0.2, 0) is 11.3 Å². The van der Waals surface area contributed by atoms with Crippen molar-refractivity contribution in [3.05, 3.63) is 54.0 Å². The molecule has 1 aliphatic carbocycles. The van der Waals surface area contributed by atoms with Gasteiger partial charge in [0.25, 0.3) is 0 Å². The number of ether oxygens (including phenoxy) is 1. The van der Waals surface area contributed by atoms with Crippen LogP contribution in [0.3, 0.4) is 0 Å². The fourth-order valence-corrected chi connectivity index (χ4v) is 4.59. The molecule has 7 nitrogen and oxygen atoms in total. The SMILES string of the molecule is Nc1c(C2CC2)c(CNC2CCOCC2)nc2c(-c3cnc4ccccc4c3)cnn12. The lowest BCUT2D eigenvalue weighted by Gasteiger charge is -2.24. The summed E-state index contributed by atoms with van der Waals surface area (Å²) >= 11 is 0. The van der Waals surface area contributed by atoms with Crippen LogP contribution in [-0.4, -0.2) is 38.8 Å². The minimum atomic E-state index is 0.467. The lowest BCUT2D eigenvalue weighted by atomic mass is 10.1. The second-order valence-corrected chi connectivity index (χ2v) is 8.61. The maximum absolute atomic E-state index is 6.65. The number of anilines is 1. The van der Waals surface area contributed by atoms with Gasteiger partial charge in [0.2, 0.25) is 0 Å². The van der Waals surface area contributed by atoms with E-state index in [1.54, 1.807) is 4.52 Å². The van der Waals surface area contributed by atoms with E-state index in [4.69, 9.17) is 15.5 Å². The predicted molar refractivity (Wildman–Crippen MR) is 121 cm³/mol. The molecule has 0 atom stereocenters. The van der Waals surface area contributed by atoms with Crippen LogP contribution in [0.15, 0.2) is 42.7 Å². The Morgan fingerprint density at radius 2 is 1.94 bits per heavy atom. The zero-order chi connectivity index (χ0) is 20.8. The van der Waals surface area contributed by atoms with Gasteiger partial charge in [0.05, 0.1) is 17.4 Å². The zero-order valence-corrected chi connectivity index (χ0v) is 17.4. The molecule has 4 aromatic rings. The molecule has 0 spiro atoms. The molecule has 2 fully saturated rings. The van der Waals surface area contributed by atoms with Gasteiger partial charge in [-0.15, -0.1) is 0 Å². The summed E-state index contributed by atoms with van der Waals surface area (Å²) in [5, 5.41) is 9.39. The van der Waals surface area contributed by atoms with Gasteiger partial charge in [-0.25, -0.2) is 4.98 Å². The van der Waals surface area contributed by atoms with Crippen molar-refractivity contribution in [2.45, 2.75) is 44.2 Å². The van der Waals surface area contributed by atoms with Gasteiger partial charge in [-0.05, 0) is 43.7 Å². The van der Waals surface area contributed by atoms with Crippen molar-refractivity contribution in [3.63, 3.8) is 0 Å². The summed E-state index contributed by atoms with van der Waals surface area (Å²) in [6.07, 6.45) is 8.17. The van der Waals surface area contributed by atoms with Gasteiger partial charge in [0, 0.05) is 54.1 Å². The van der Waals surface area contributed by atoms with Crippen molar-refractivity contribution in [2.75, 3.05) is 18.9 Å². The van der Waals surface area contributed by atoms with Gasteiger partial charge in [0.1, 0.15) is 5.82 Å². The predicted octanol–water partition coefficient (Wildman–Crippen LogP) is 3.67. The van der Waals surface area contributed by atoms with E-state index in [2.05, 4.69) is 27.5 Å². The highest BCUT2D eigenvalue weighted by Gasteiger charge is 2.31. The normalized spacial score (nSPS) is 17.5. The Morgan fingerprint density at radius 3 is 2.77 bits per heavy atom. The molecular weight excluding hydrogens is 388 g/mol. The maximum atomic E-state index is 6.65. The average Bonchev–Trinajstić information content (AvgIpc) is 3.56. The molecule has 7 heteroatoms. The van der Waals surface area contributed by atoms with Crippen LogP contribution in [0.4, 0.5) is 5.82 Å². The largest absolute Gasteiger partial charge is 0.383 e. The van der Waals surface area contributed by atoms with Gasteiger partial charge < -0.3 is 15.8 Å². The van der Waals surface area contributed by atoms with Crippen LogP contribution in [0.5, 0.6) is 0 Å². The van der Waals surface area contributed by atoms with Gasteiger partial charge in [-0.1, -0.05) is 18.2 Å². The summed E-state index contributed by atoms with van der Waals surface area (Å²) in [7, 11) is 0. The first-order valence-corrected chi connectivity index (χ1v) is 11.1. The Bertz CT molecular complexity index is 1260. The topological polar surface area (TPSA) is 90.4 Å². The van der Waals surface area contributed by atoms with Gasteiger partial charge in [-0.3, -0.25) is 4.98 Å². The number of hydrogen-bond acceptors (Lipinski definition) is 6. The lowest BCUT2D eigenvalue weighted by molar-refractivity contribution is 0.0775. The number of nitrogens with zero attached hydrogens (tertiary/aromatic N) is 4. The molecule has 4 heterocycles. The van der Waals surface area contributed by atoms with Gasteiger partial charge in [0.15, 0.2) is 5.65 Å². The number of benzene rings is 1. The Balaban J connectivity index is 1.42. The number of nitrogen functional groups attached to an aromatic ring is 1. The highest BCUT2D eigenvalue weighted by atomic mass is 16.5. The molecule has 31 heavy (non-hydrogen) atoms. The monoisotopic (exact) mass is 414 g/mol. The number of pyridine rings is 1. The fraction of sp³-hybridized carbons (Fsp3) is 0.375. The highest BCUT2D eigenvalue weighted by Crippen LogP contribution is 2.44. The number of para-hydroxylation sites is 1. The zero-order valence-electron chi connectivity index (χ0n) is 17.4. The third-order valence-electron chi connectivity index (χ3n) is 6.47. The lowest BCUT2D eigenvalue weighted by Crippen LogP contribution is -2.34. The summed E-state index contributed by atoms with van der Waals surface area (Å²) in [6.45, 7) is 2.37. The first kappa shape index (κ1) is 18.7. The molecule has 1 aromatic carbocycles. The van der Waals surface area contributed by atoms with Crippen LogP contribution in [0.1, 0.15) is 42.9 Å². The molecule has 2 aliphatic rings. The first-order chi connectivity index (χ1) is 15.3. The van der Waals surface area contributed by atoms with E-state index in [0.717, 1.165) is 71.8 Å². The molecule has 3 aromatic heterocycles. The number of nitrogens with one attached hydrogen (secondary N) is 1. The fourth-order valence-electron chi connectivity index (χ4n) is 4.59. The molecule has 158 valence electrons. The Labute approximate surface area is 180 Å². The maximum Gasteiger partial charge on any atom is 0.165 e. The average molecular weight is 415 g/mol. The molecular formula is C24H26N6O. The number of aromatic nitrogens is 4. The number of rotatable bonds is 5. The highest BCUT2D eigenvalue weighted by molar-refractivity contribution is 5.87. The van der Waals surface area contributed by atoms with E-state index >= 15 is 0 Å². The summed E-state index contributed by atoms with van der Waals surface area (Å²) in [5.74, 6) is 1.22. The molecule has 1 aliphatic heterocycles. The molecule has 0 unspecified atom stereocenters. The van der Waals surface area contributed by atoms with E-state index in [0.29, 0.717) is 12.0 Å². The third kappa shape index (κ3) is 3.43. The van der Waals surface area contributed by atoms with Crippen molar-refractivity contribution < 1.29 is 4.74 Å². The first-order valence-electron chi connectivity index (χ1n) is 11.1. The van der Waals surface area contributed by atoms with Gasteiger partial charge in [-0.2, -0.15) is 9.61 Å². The van der Waals surface area contributed by atoms with Gasteiger partial charge >= 0.3 is 0 Å². The Kier molecular flexibility index (Phi) is 4.58. The van der Waals surface area contributed by atoms with E-state index in [9.17, 15) is 0 Å². The molecule has 0 amide bonds. The van der Waals surface area contributed by atoms with Crippen LogP contribution >= 0.6 is 0 Å². The van der Waals surface area contributed by atoms with E-state index in [1.807, 2.05) is 30.6 Å². The summed E-state index contributed by atoms with van der Waals surface area (Å²) < 4.78 is 7.29. The standard InChI is InChI=1S/C24H26N6O/c25-23-22(15-5-6-15)21(14-26-18-7-9-31-10-8-18)29-24-19(13-28-30(23)24)17-11-16-3-1-2-4-20(16)27-12-17/h1-4,11-13,15,18,26H,5-10,14,25H2. The minimum Gasteiger partial charge on any atom is -0.383 e. The molecule has 1 saturated heterocycles. The van der Waals surface area contributed by atoms with Crippen molar-refractivity contribution in [2.24, 2.45) is 0 Å². The van der Waals surface area contributed by atoms with Crippen molar-refractivity contribution >= 4 is 22.4 Å². The van der Waals surface area contributed by atoms with Crippen molar-refractivity contribution in [3.8, 4) is 11.1 Å². The van der Waals surface area contributed by atoms with Crippen LogP contribution in [0.2, 0.25) is 0 Å². The van der Waals surface area contributed by atoms with Crippen molar-refractivity contribution in [1.82, 2.24) is 24.9 Å². The van der Waals surface area contributed by atoms with Crippen LogP contribution in [0.25, 0.3) is 27.7 Å². The molecule has 0 radical (unpaired) electrons. The third-order valence-corrected chi connectivity index (χ3v) is 6.47. The van der Waals surface area contributed by atoms with Crippen molar-refractivity contribution in [1.29, 1.82) is 0 Å². The van der Waals surface area contributed by atoms with Crippen LogP contribution in [0, 0.1) is 0 Å². The van der Waals surface area contributed by atoms with Crippen LogP contribution < -0.4 is 11.1 Å². The smallest absolute Gasteiger partial charge is 0.165 e. The summed E-state index contributed by atoms with van der Waals surface area (Å²) in [4.78, 5) is 9.72. The molecule has 0 bridgehead atoms. The Morgan fingerprint density at radius 1 is 1.10 bits per heavy atom. The number of nitrogens with two attached hydrogens (primary N) is 1. The summed E-state index contributed by atoms with van der Waals surface area (Å²) in [5.41, 5.74) is 12.6. The molecule has 6 rings (SSSR count). The Hall–Kier alpha value is -3.03. The minimum absolute atomic E-state index is 0.467. The summed E-state index contributed by atoms with van der Waals surface area (Å²) in [6, 6.07) is 10.7. The quantitative estimate of drug-likeness (QED) is 0.518. The van der Waals surface area contributed by atoms with E-state index in [-0.39, 0.29) is 0 Å². The molecule has 1 saturated carbocycles. The molecule has 3 N–H and O–H groups in total. The van der Waals surface area contributed by atoms with E-state index in [1.165, 1.54) is 18.4 Å². The second kappa shape index (κ2) is 7.59. The number of hydrogen-bond donors (Lipinski definition) is 2. The number of fused-ring (bicyclic) bond motifs is 2. The van der Waals surface area contributed by atoms with E-state index < -0.39 is 0 Å². The second-order valence-electron chi connectivity index (χ2n) is 8.61.